The van der Waals surface area contributed by atoms with Gasteiger partial charge in [-0.1, -0.05) is 24.3 Å². The summed E-state index contributed by atoms with van der Waals surface area (Å²) < 4.78 is 38.3. The largest absolute Gasteiger partial charge is 0.417 e. The highest BCUT2D eigenvalue weighted by atomic mass is 19.4. The molecule has 1 heterocycles. The Kier molecular flexibility index (Phi) is 4.17. The summed E-state index contributed by atoms with van der Waals surface area (Å²) in [5, 5.41) is 2.35. The smallest absolute Gasteiger partial charge is 0.327 e. The monoisotopic (exact) mass is 336 g/mol. The quantitative estimate of drug-likeness (QED) is 0.882. The molecule has 0 aliphatic heterocycles. The van der Waals surface area contributed by atoms with Gasteiger partial charge in [-0.15, -0.1) is 0 Å². The first-order valence-corrected chi connectivity index (χ1v) is 7.55. The molecule has 0 radical (unpaired) electrons. The van der Waals surface area contributed by atoms with E-state index in [2.05, 4.69) is 5.32 Å². The minimum Gasteiger partial charge on any atom is -0.327 e. The Balaban J connectivity index is 1.88. The van der Waals surface area contributed by atoms with Crippen LogP contribution in [0.2, 0.25) is 0 Å². The van der Waals surface area contributed by atoms with Crippen molar-refractivity contribution in [3.63, 3.8) is 0 Å². The third-order valence-corrected chi connectivity index (χ3v) is 4.17. The summed E-state index contributed by atoms with van der Waals surface area (Å²) in [5.74, 6) is -0.934. The normalized spacial score (nSPS) is 17.2. The number of rotatable bonds is 2. The summed E-state index contributed by atoms with van der Waals surface area (Å²) >= 11 is 0. The molecule has 0 spiro atoms. The van der Waals surface area contributed by atoms with Crippen LogP contribution in [0.15, 0.2) is 41.3 Å². The number of amides is 1. The number of H-pyrrole nitrogens is 1. The second-order valence-corrected chi connectivity index (χ2v) is 5.76. The average Bonchev–Trinajstić information content (AvgIpc) is 2.55. The third kappa shape index (κ3) is 3.20. The Bertz CT molecular complexity index is 827. The standard InChI is InChI=1S/C17H15F3N2O2/c18-17(19,20)11-8-14(16(24)21-9-11)22-15(23)13-7-3-5-10-4-1-2-6-12(10)13/h1-2,4,6,8-9,13H,3,5,7H2,(H,21,24)(H,22,23)/t13-/m0/s1. The van der Waals surface area contributed by atoms with Gasteiger partial charge in [0.15, 0.2) is 0 Å². The third-order valence-electron chi connectivity index (χ3n) is 4.17. The van der Waals surface area contributed by atoms with Crippen molar-refractivity contribution in [3.05, 3.63) is 63.6 Å². The first-order valence-electron chi connectivity index (χ1n) is 7.55. The van der Waals surface area contributed by atoms with Gasteiger partial charge < -0.3 is 10.3 Å². The molecule has 3 rings (SSSR count). The fraction of sp³-hybridized carbons (Fsp3) is 0.294. The number of aromatic amines is 1. The lowest BCUT2D eigenvalue weighted by molar-refractivity contribution is -0.137. The van der Waals surface area contributed by atoms with Crippen molar-refractivity contribution < 1.29 is 18.0 Å². The Labute approximate surface area is 135 Å². The minimum atomic E-state index is -4.60. The number of alkyl halides is 3. The van der Waals surface area contributed by atoms with E-state index in [1.165, 1.54) is 0 Å². The van der Waals surface area contributed by atoms with Crippen LogP contribution in [0.1, 0.15) is 35.4 Å². The van der Waals surface area contributed by atoms with E-state index in [0.29, 0.717) is 18.7 Å². The lowest BCUT2D eigenvalue weighted by atomic mass is 9.82. The molecule has 1 aromatic heterocycles. The Morgan fingerprint density at radius 1 is 1.25 bits per heavy atom. The van der Waals surface area contributed by atoms with Crippen LogP contribution >= 0.6 is 0 Å². The first kappa shape index (κ1) is 16.3. The number of anilines is 1. The van der Waals surface area contributed by atoms with E-state index in [1.54, 1.807) is 0 Å². The van der Waals surface area contributed by atoms with Crippen molar-refractivity contribution in [2.24, 2.45) is 0 Å². The molecule has 0 fully saturated rings. The summed E-state index contributed by atoms with van der Waals surface area (Å²) in [6.45, 7) is 0. The molecule has 1 aliphatic carbocycles. The highest BCUT2D eigenvalue weighted by Crippen LogP contribution is 2.33. The number of carbonyl (C=O) groups excluding carboxylic acids is 1. The van der Waals surface area contributed by atoms with Gasteiger partial charge >= 0.3 is 6.18 Å². The predicted molar refractivity (Wildman–Crippen MR) is 82.8 cm³/mol. The highest BCUT2D eigenvalue weighted by Gasteiger charge is 2.32. The van der Waals surface area contributed by atoms with Crippen LogP contribution in [-0.2, 0) is 17.4 Å². The second kappa shape index (κ2) is 6.14. The molecule has 1 aliphatic rings. The number of benzene rings is 1. The van der Waals surface area contributed by atoms with Gasteiger partial charge in [0.1, 0.15) is 5.69 Å². The number of aromatic nitrogens is 1. The van der Waals surface area contributed by atoms with Crippen molar-refractivity contribution >= 4 is 11.6 Å². The molecule has 126 valence electrons. The molecule has 0 bridgehead atoms. The van der Waals surface area contributed by atoms with Crippen molar-refractivity contribution in [2.45, 2.75) is 31.4 Å². The van der Waals surface area contributed by atoms with E-state index in [9.17, 15) is 22.8 Å². The minimum absolute atomic E-state index is 0.391. The topological polar surface area (TPSA) is 62.0 Å². The maximum atomic E-state index is 12.8. The van der Waals surface area contributed by atoms with Gasteiger partial charge in [-0.2, -0.15) is 13.2 Å². The van der Waals surface area contributed by atoms with Gasteiger partial charge in [0.25, 0.3) is 5.56 Å². The lowest BCUT2D eigenvalue weighted by Crippen LogP contribution is -2.28. The summed E-state index contributed by atoms with van der Waals surface area (Å²) in [4.78, 5) is 26.2. The lowest BCUT2D eigenvalue weighted by Gasteiger charge is -2.24. The number of nitrogens with one attached hydrogen (secondary N) is 2. The molecule has 2 aromatic rings. The second-order valence-electron chi connectivity index (χ2n) is 5.76. The first-order chi connectivity index (χ1) is 11.4. The summed E-state index contributed by atoms with van der Waals surface area (Å²) in [7, 11) is 0. The van der Waals surface area contributed by atoms with Crippen LogP contribution < -0.4 is 10.9 Å². The van der Waals surface area contributed by atoms with Crippen LogP contribution in [0.3, 0.4) is 0 Å². The number of hydrogen-bond acceptors (Lipinski definition) is 2. The Hall–Kier alpha value is -2.57. The molecule has 0 saturated heterocycles. The fourth-order valence-electron chi connectivity index (χ4n) is 2.99. The van der Waals surface area contributed by atoms with Gasteiger partial charge in [0, 0.05) is 6.20 Å². The molecular weight excluding hydrogens is 321 g/mol. The van der Waals surface area contributed by atoms with Crippen LogP contribution in [0, 0.1) is 0 Å². The Morgan fingerprint density at radius 3 is 2.75 bits per heavy atom. The zero-order chi connectivity index (χ0) is 17.3. The molecule has 24 heavy (non-hydrogen) atoms. The molecule has 0 unspecified atom stereocenters. The molecule has 2 N–H and O–H groups in total. The molecular formula is C17H15F3N2O2. The maximum Gasteiger partial charge on any atom is 0.417 e. The zero-order valence-electron chi connectivity index (χ0n) is 12.6. The van der Waals surface area contributed by atoms with E-state index in [0.717, 1.165) is 24.0 Å². The summed E-state index contributed by atoms with van der Waals surface area (Å²) in [6, 6.07) is 8.14. The van der Waals surface area contributed by atoms with E-state index in [-0.39, 0.29) is 0 Å². The van der Waals surface area contributed by atoms with Crippen LogP contribution in [0.5, 0.6) is 0 Å². The van der Waals surface area contributed by atoms with E-state index in [4.69, 9.17) is 0 Å². The van der Waals surface area contributed by atoms with Crippen LogP contribution in [-0.4, -0.2) is 10.9 Å². The molecule has 4 nitrogen and oxygen atoms in total. The molecule has 1 aromatic carbocycles. The van der Waals surface area contributed by atoms with Crippen molar-refractivity contribution in [2.75, 3.05) is 5.32 Å². The number of aryl methyl sites for hydroxylation is 1. The van der Waals surface area contributed by atoms with E-state index >= 15 is 0 Å². The van der Waals surface area contributed by atoms with Gasteiger partial charge in [-0.25, -0.2) is 0 Å². The fourth-order valence-corrected chi connectivity index (χ4v) is 2.99. The highest BCUT2D eigenvalue weighted by molar-refractivity contribution is 5.96. The number of halogens is 3. The summed E-state index contributed by atoms with van der Waals surface area (Å²) in [5.41, 5.74) is -0.244. The maximum absolute atomic E-state index is 12.8. The molecule has 7 heteroatoms. The van der Waals surface area contributed by atoms with Gasteiger partial charge in [-0.05, 0) is 36.5 Å². The molecule has 0 saturated carbocycles. The van der Waals surface area contributed by atoms with Gasteiger partial charge in [0.05, 0.1) is 11.5 Å². The van der Waals surface area contributed by atoms with Crippen molar-refractivity contribution in [1.82, 2.24) is 4.98 Å². The van der Waals surface area contributed by atoms with E-state index in [1.807, 2.05) is 29.2 Å². The van der Waals surface area contributed by atoms with Crippen molar-refractivity contribution in [1.29, 1.82) is 0 Å². The molecule has 1 atom stereocenters. The number of fused-ring (bicyclic) bond motifs is 1. The van der Waals surface area contributed by atoms with E-state index < -0.39 is 34.8 Å². The molecule has 1 amide bonds. The number of carbonyl (C=O) groups is 1. The Morgan fingerprint density at radius 2 is 2.00 bits per heavy atom. The SMILES string of the molecule is O=C(Nc1cc(C(F)(F)F)c[nH]c1=O)[C@H]1CCCc2ccccc21. The van der Waals surface area contributed by atoms with Crippen molar-refractivity contribution in [3.8, 4) is 0 Å². The predicted octanol–water partition coefficient (Wildman–Crippen LogP) is 3.45. The van der Waals surface area contributed by atoms with Crippen LogP contribution in [0.4, 0.5) is 18.9 Å². The number of pyridine rings is 1. The van der Waals surface area contributed by atoms with Gasteiger partial charge in [-0.3, -0.25) is 9.59 Å². The zero-order valence-corrected chi connectivity index (χ0v) is 12.6. The van der Waals surface area contributed by atoms with Gasteiger partial charge in [0.2, 0.25) is 5.91 Å². The average molecular weight is 336 g/mol. The number of hydrogen-bond donors (Lipinski definition) is 2. The van der Waals surface area contributed by atoms with Crippen LogP contribution in [0.25, 0.3) is 0 Å². The summed E-state index contributed by atoms with van der Waals surface area (Å²) in [6.07, 6.45) is -1.73.